The summed E-state index contributed by atoms with van der Waals surface area (Å²) in [6, 6.07) is 24.3. The predicted molar refractivity (Wildman–Crippen MR) is 202 cm³/mol. The molecule has 12 nitrogen and oxygen atoms in total. The summed E-state index contributed by atoms with van der Waals surface area (Å²) in [5, 5.41) is 12.8. The molecule has 6 aromatic rings. The first-order valence-electron chi connectivity index (χ1n) is 16.5. The minimum atomic E-state index is -4.61. The van der Waals surface area contributed by atoms with E-state index in [1.807, 2.05) is 43.3 Å². The number of aryl methyl sites for hydroxylation is 1. The van der Waals surface area contributed by atoms with Crippen LogP contribution < -0.4 is 19.9 Å². The number of hydrogen-bond acceptors (Lipinski definition) is 10. The maximum Gasteiger partial charge on any atom is 0.435 e. The van der Waals surface area contributed by atoms with Crippen molar-refractivity contribution in [3.05, 3.63) is 114 Å². The van der Waals surface area contributed by atoms with E-state index in [2.05, 4.69) is 26.3 Å². The third-order valence-corrected chi connectivity index (χ3v) is 8.77. The fourth-order valence-corrected chi connectivity index (χ4v) is 5.62. The summed E-state index contributed by atoms with van der Waals surface area (Å²) in [7, 11) is -0.646. The van der Waals surface area contributed by atoms with Gasteiger partial charge >= 0.3 is 6.18 Å². The summed E-state index contributed by atoms with van der Waals surface area (Å²) in [4.78, 5) is 8.62. The maximum atomic E-state index is 13.1. The Morgan fingerprint density at radius 3 is 2.11 bits per heavy atom. The summed E-state index contributed by atoms with van der Waals surface area (Å²) in [6.45, 7) is 3.59. The van der Waals surface area contributed by atoms with Gasteiger partial charge < -0.3 is 24.3 Å². The summed E-state index contributed by atoms with van der Waals surface area (Å²) in [6.07, 6.45) is 2.39. The van der Waals surface area contributed by atoms with E-state index in [1.165, 1.54) is 30.6 Å². The Labute approximate surface area is 316 Å². The van der Waals surface area contributed by atoms with Gasteiger partial charge in [0.25, 0.3) is 0 Å². The number of primary sulfonamides is 1. The first kappa shape index (κ1) is 40.2. The van der Waals surface area contributed by atoms with Gasteiger partial charge in [0.2, 0.25) is 10.0 Å². The number of methoxy groups -OCH3 is 2. The zero-order valence-electron chi connectivity index (χ0n) is 30.0. The highest BCUT2D eigenvalue weighted by atomic mass is 32.2. The number of benzene rings is 4. The second kappa shape index (κ2) is 17.9. The highest BCUT2D eigenvalue weighted by Gasteiger charge is 2.35. The number of sulfonamides is 1. The van der Waals surface area contributed by atoms with Crippen LogP contribution in [-0.4, -0.2) is 68.8 Å². The van der Waals surface area contributed by atoms with E-state index < -0.39 is 21.9 Å². The molecule has 0 fully saturated rings. The van der Waals surface area contributed by atoms with Crippen LogP contribution >= 0.6 is 0 Å². The van der Waals surface area contributed by atoms with Crippen molar-refractivity contribution in [1.29, 1.82) is 0 Å². The lowest BCUT2D eigenvalue weighted by atomic mass is 10.1. The molecule has 0 aliphatic carbocycles. The van der Waals surface area contributed by atoms with E-state index in [4.69, 9.17) is 30.5 Å². The molecule has 286 valence electrons. The number of hydrogen-bond donors (Lipinski definition) is 2. The summed E-state index contributed by atoms with van der Waals surface area (Å²) in [5.41, 5.74) is 3.34. The first-order valence-corrected chi connectivity index (χ1v) is 18.1. The quantitative estimate of drug-likeness (QED) is 0.0935. The van der Waals surface area contributed by atoms with Crippen molar-refractivity contribution < 1.29 is 40.5 Å². The molecular formula is C39H37F3N6O6S. The lowest BCUT2D eigenvalue weighted by molar-refractivity contribution is -0.141. The molecule has 3 N–H and O–H groups in total. The lowest BCUT2D eigenvalue weighted by Gasteiger charge is -2.15. The van der Waals surface area contributed by atoms with Crippen molar-refractivity contribution in [2.75, 3.05) is 46.0 Å². The number of halogens is 3. The van der Waals surface area contributed by atoms with Gasteiger partial charge in [0.05, 0.1) is 35.0 Å². The van der Waals surface area contributed by atoms with E-state index in [-0.39, 0.29) is 16.3 Å². The molecular weight excluding hydrogens is 738 g/mol. The number of terminal acetylenes is 1. The Kier molecular flexibility index (Phi) is 13.1. The monoisotopic (exact) mass is 774 g/mol. The van der Waals surface area contributed by atoms with E-state index in [0.717, 1.165) is 38.5 Å². The summed E-state index contributed by atoms with van der Waals surface area (Å²) < 4.78 is 85.0. The van der Waals surface area contributed by atoms with Crippen LogP contribution in [0.25, 0.3) is 27.8 Å². The number of alkyl halides is 3. The molecule has 0 aliphatic rings. The van der Waals surface area contributed by atoms with Gasteiger partial charge in [-0.15, -0.1) is 6.42 Å². The minimum Gasteiger partial charge on any atom is -0.487 e. The average molecular weight is 775 g/mol. The van der Waals surface area contributed by atoms with Crippen LogP contribution in [0.2, 0.25) is 0 Å². The van der Waals surface area contributed by atoms with Crippen molar-refractivity contribution in [1.82, 2.24) is 19.7 Å². The minimum absolute atomic E-state index is 0.138. The predicted octanol–water partition coefficient (Wildman–Crippen LogP) is 6.92. The van der Waals surface area contributed by atoms with Crippen LogP contribution in [0.5, 0.6) is 11.5 Å². The van der Waals surface area contributed by atoms with Gasteiger partial charge in [0.15, 0.2) is 17.2 Å². The van der Waals surface area contributed by atoms with E-state index in [9.17, 15) is 21.6 Å². The average Bonchev–Trinajstić information content (AvgIpc) is 3.62. The zero-order valence-corrected chi connectivity index (χ0v) is 30.8. The summed E-state index contributed by atoms with van der Waals surface area (Å²) >= 11 is 0. The van der Waals surface area contributed by atoms with Gasteiger partial charge in [0, 0.05) is 42.5 Å². The van der Waals surface area contributed by atoms with Crippen molar-refractivity contribution in [2.24, 2.45) is 5.14 Å². The molecule has 0 spiro atoms. The molecule has 4 aromatic carbocycles. The number of anilines is 2. The van der Waals surface area contributed by atoms with Crippen molar-refractivity contribution >= 4 is 32.4 Å². The number of rotatable bonds is 13. The smallest absolute Gasteiger partial charge is 0.435 e. The number of ether oxygens (including phenoxy) is 4. The molecule has 2 aromatic heterocycles. The molecule has 55 heavy (non-hydrogen) atoms. The number of aromatic nitrogens is 4. The van der Waals surface area contributed by atoms with Crippen molar-refractivity contribution in [3.63, 3.8) is 0 Å². The molecule has 0 saturated carbocycles. The highest BCUT2D eigenvalue weighted by Crippen LogP contribution is 2.36. The molecule has 6 rings (SSSR count). The zero-order chi connectivity index (χ0) is 39.6. The van der Waals surface area contributed by atoms with E-state index in [1.54, 1.807) is 38.5 Å². The van der Waals surface area contributed by atoms with Crippen LogP contribution in [0.3, 0.4) is 0 Å². The van der Waals surface area contributed by atoms with Gasteiger partial charge in [-0.05, 0) is 61.5 Å². The maximum absolute atomic E-state index is 13.1. The number of nitrogens with two attached hydrogens (primary N) is 1. The second-order valence-electron chi connectivity index (χ2n) is 11.8. The Hall–Kier alpha value is -5.99. The number of nitrogens with one attached hydrogen (secondary N) is 1. The third-order valence-electron chi connectivity index (χ3n) is 7.84. The molecule has 0 bridgehead atoms. The van der Waals surface area contributed by atoms with E-state index >= 15 is 0 Å². The van der Waals surface area contributed by atoms with Crippen LogP contribution in [0, 0.1) is 19.3 Å². The highest BCUT2D eigenvalue weighted by molar-refractivity contribution is 7.89. The molecule has 0 radical (unpaired) electrons. The Morgan fingerprint density at radius 2 is 1.51 bits per heavy atom. The molecule has 0 aliphatic heterocycles. The topological polar surface area (TPSA) is 153 Å². The number of nitrogens with zero attached hydrogens (tertiary/aromatic N) is 4. The van der Waals surface area contributed by atoms with Gasteiger partial charge in [-0.2, -0.15) is 18.3 Å². The standard InChI is InChI=1S/C22H23N3O4.C17H14F3N3O2S/c1-4-16-6-5-7-17(12-16)25-22-18-13-20(28-10-8-26-2)21(29-11-9-27-3)14-19(18)23-15-24-22;1-11-2-4-12(5-3-11)15-10-16(17(18,19)20)22-23(15)13-6-8-14(9-7-13)26(21,24)25/h1,5-7,12-15H,8-11H2,2-3H3,(H,23,24,25);2-10H,1H3,(H2,21,24,25). The molecule has 2 heterocycles. The molecule has 16 heteroatoms. The van der Waals surface area contributed by atoms with E-state index in [0.29, 0.717) is 49.3 Å². The van der Waals surface area contributed by atoms with Gasteiger partial charge in [-0.3, -0.25) is 0 Å². The van der Waals surface area contributed by atoms with Crippen molar-refractivity contribution in [2.45, 2.75) is 18.0 Å². The van der Waals surface area contributed by atoms with Crippen LogP contribution in [0.15, 0.2) is 102 Å². The van der Waals surface area contributed by atoms with Crippen LogP contribution in [0.4, 0.5) is 24.7 Å². The summed E-state index contributed by atoms with van der Waals surface area (Å²) in [5.74, 6) is 4.44. The van der Waals surface area contributed by atoms with Gasteiger partial charge in [-0.25, -0.2) is 28.2 Å². The molecule has 0 atom stereocenters. The number of fused-ring (bicyclic) bond motifs is 1. The first-order chi connectivity index (χ1) is 26.3. The lowest BCUT2D eigenvalue weighted by Crippen LogP contribution is -2.12. The largest absolute Gasteiger partial charge is 0.487 e. The fraction of sp³-hybridized carbons (Fsp3) is 0.205. The fourth-order valence-electron chi connectivity index (χ4n) is 5.11. The van der Waals surface area contributed by atoms with Crippen LogP contribution in [-0.2, 0) is 25.7 Å². The Morgan fingerprint density at radius 1 is 0.855 bits per heavy atom. The third kappa shape index (κ3) is 10.6. The molecule has 0 saturated heterocycles. The molecule has 0 unspecified atom stereocenters. The second-order valence-corrected chi connectivity index (χ2v) is 13.4. The molecule has 0 amide bonds. The Bertz CT molecular complexity index is 2380. The normalized spacial score (nSPS) is 11.4. The Balaban J connectivity index is 0.000000212. The SMILES string of the molecule is C#Cc1cccc(Nc2ncnc3cc(OCCOC)c(OCCOC)cc23)c1.Cc1ccc(-c2cc(C(F)(F)F)nn2-c2ccc(S(N)(=O)=O)cc2)cc1. The van der Waals surface area contributed by atoms with Crippen molar-refractivity contribution in [3.8, 4) is 40.8 Å². The van der Waals surface area contributed by atoms with Gasteiger partial charge in [0.1, 0.15) is 25.4 Å². The van der Waals surface area contributed by atoms with Gasteiger partial charge in [-0.1, -0.05) is 41.8 Å². The van der Waals surface area contributed by atoms with Crippen LogP contribution in [0.1, 0.15) is 16.8 Å².